The molecule has 0 atom stereocenters. The number of aliphatic imine (C=N–C) groups is 2. The minimum absolute atomic E-state index is 0. The Kier molecular flexibility index (Phi) is 16.6. The molecule has 0 aliphatic rings. The van der Waals surface area contributed by atoms with Gasteiger partial charge in [0.1, 0.15) is 11.5 Å². The largest absolute Gasteiger partial charge is 2.00 e. The van der Waals surface area contributed by atoms with Crippen LogP contribution in [0.4, 0.5) is 26.3 Å². The van der Waals surface area contributed by atoms with Crippen LogP contribution in [-0.2, 0) is 49.6 Å². The van der Waals surface area contributed by atoms with Crippen molar-refractivity contribution >= 4 is 24.4 Å². The summed E-state index contributed by atoms with van der Waals surface area (Å²) in [6.07, 6.45) is -7.01. The van der Waals surface area contributed by atoms with Gasteiger partial charge in [-0.05, 0) is 48.9 Å². The molecule has 45 heavy (non-hydrogen) atoms. The molecule has 0 aromatic heterocycles. The number of aliphatic carboxylic acids is 2. The zero-order chi connectivity index (χ0) is 34.8. The minimum atomic E-state index is -4.61. The molecule has 1 radical (unpaired) electrons. The molecule has 2 rings (SSSR count). The number of hydrogen-bond donors (Lipinski definition) is 2. The number of carboxylic acids is 2. The van der Waals surface area contributed by atoms with Crippen LogP contribution in [-0.4, -0.2) is 47.7 Å². The SMILES string of the molecule is CC(=O)[O-].CC(=O)[O-].CC(C)(C)c1cc(C(F)(F)F)cc(C=NCCN=Cc2cc(C(F)(F)F)cc(C(C)(C)C)c2O)c1O.[Co+2]. The molecule has 8 nitrogen and oxygen atoms in total. The van der Waals surface area contributed by atoms with E-state index in [4.69, 9.17) is 19.8 Å². The van der Waals surface area contributed by atoms with Crippen molar-refractivity contribution in [3.63, 3.8) is 0 Å². The van der Waals surface area contributed by atoms with Gasteiger partial charge in [0.25, 0.3) is 0 Å². The number of aromatic hydroxyl groups is 2. The third-order valence-corrected chi connectivity index (χ3v) is 5.37. The molecular formula is C30H36CoF6N2O6. The maximum absolute atomic E-state index is 13.3. The van der Waals surface area contributed by atoms with E-state index >= 15 is 0 Å². The van der Waals surface area contributed by atoms with Crippen molar-refractivity contribution in [2.45, 2.75) is 78.6 Å². The van der Waals surface area contributed by atoms with E-state index in [0.29, 0.717) is 0 Å². The monoisotopic (exact) mass is 693 g/mol. The number of benzene rings is 2. The molecule has 2 N–H and O–H groups in total. The van der Waals surface area contributed by atoms with Crippen LogP contribution in [0.3, 0.4) is 0 Å². The van der Waals surface area contributed by atoms with Crippen LogP contribution >= 0.6 is 0 Å². The van der Waals surface area contributed by atoms with Gasteiger partial charge >= 0.3 is 29.1 Å². The minimum Gasteiger partial charge on any atom is -0.550 e. The van der Waals surface area contributed by atoms with E-state index in [1.165, 1.54) is 0 Å². The van der Waals surface area contributed by atoms with Crippen molar-refractivity contribution < 1.29 is 73.1 Å². The maximum atomic E-state index is 13.3. The molecule has 2 aromatic carbocycles. The number of rotatable bonds is 5. The van der Waals surface area contributed by atoms with Crippen molar-refractivity contribution in [1.82, 2.24) is 0 Å². The number of alkyl halides is 6. The predicted octanol–water partition coefficient (Wildman–Crippen LogP) is 4.78. The first kappa shape index (κ1) is 43.5. The summed E-state index contributed by atoms with van der Waals surface area (Å²) in [6.45, 7) is 12.0. The molecule has 0 bridgehead atoms. The van der Waals surface area contributed by atoms with Gasteiger partial charge in [-0.15, -0.1) is 0 Å². The predicted molar refractivity (Wildman–Crippen MR) is 150 cm³/mol. The zero-order valence-corrected chi connectivity index (χ0v) is 26.9. The molecular weight excluding hydrogens is 657 g/mol. The first-order valence-corrected chi connectivity index (χ1v) is 12.9. The summed E-state index contributed by atoms with van der Waals surface area (Å²) in [5.41, 5.74) is -3.32. The number of halogens is 6. The van der Waals surface area contributed by atoms with Crippen molar-refractivity contribution in [2.75, 3.05) is 13.1 Å². The summed E-state index contributed by atoms with van der Waals surface area (Å²) in [7, 11) is 0. The van der Waals surface area contributed by atoms with E-state index in [2.05, 4.69) is 9.98 Å². The number of hydrogen-bond acceptors (Lipinski definition) is 8. The zero-order valence-electron chi connectivity index (χ0n) is 25.9. The van der Waals surface area contributed by atoms with Gasteiger partial charge in [0.2, 0.25) is 0 Å². The van der Waals surface area contributed by atoms with Gasteiger partial charge in [0.05, 0.1) is 24.2 Å². The molecule has 0 aliphatic heterocycles. The third kappa shape index (κ3) is 15.8. The molecule has 0 saturated carbocycles. The van der Waals surface area contributed by atoms with Crippen LogP contribution in [0.2, 0.25) is 0 Å². The Morgan fingerprint density at radius 2 is 0.911 bits per heavy atom. The van der Waals surface area contributed by atoms with Crippen molar-refractivity contribution in [1.29, 1.82) is 0 Å². The van der Waals surface area contributed by atoms with E-state index in [0.717, 1.165) is 50.5 Å². The van der Waals surface area contributed by atoms with Gasteiger partial charge < -0.3 is 30.0 Å². The number of phenolic OH excluding ortho intramolecular Hbond substituents is 2. The standard InChI is InChI=1S/C26H30F6N2O2.2C2H4O2.Co/c1-23(2,3)19-11-17(25(27,28)29)9-15(21(19)35)13-33-7-8-34-14-16-10-18(26(30,31)32)12-20(22(16)36)24(4,5)6;2*1-2(3)4;/h9-14,35-36H,7-8H2,1-6H3;2*1H3,(H,3,4);/q;;;+2/p-2. The van der Waals surface area contributed by atoms with Gasteiger partial charge in [-0.2, -0.15) is 26.3 Å². The van der Waals surface area contributed by atoms with Crippen LogP contribution in [0.25, 0.3) is 0 Å². The van der Waals surface area contributed by atoms with Gasteiger partial charge in [0, 0.05) is 46.6 Å². The Morgan fingerprint density at radius 3 is 1.11 bits per heavy atom. The van der Waals surface area contributed by atoms with E-state index in [1.54, 1.807) is 41.5 Å². The summed E-state index contributed by atoms with van der Waals surface area (Å²) < 4.78 is 79.9. The first-order valence-electron chi connectivity index (χ1n) is 12.9. The Hall–Kier alpha value is -3.59. The summed E-state index contributed by atoms with van der Waals surface area (Å²) >= 11 is 0. The van der Waals surface area contributed by atoms with E-state index in [9.17, 15) is 36.6 Å². The van der Waals surface area contributed by atoms with Crippen LogP contribution in [0, 0.1) is 0 Å². The van der Waals surface area contributed by atoms with Crippen LogP contribution in [0.15, 0.2) is 34.3 Å². The van der Waals surface area contributed by atoms with E-state index in [-0.39, 0.29) is 63.6 Å². The van der Waals surface area contributed by atoms with Crippen molar-refractivity contribution in [2.24, 2.45) is 9.98 Å². The Bertz CT molecular complexity index is 1250. The average molecular weight is 694 g/mol. The quantitative estimate of drug-likeness (QED) is 0.262. The number of nitrogens with zero attached hydrogens (tertiary/aromatic N) is 2. The molecule has 0 heterocycles. The summed E-state index contributed by atoms with van der Waals surface area (Å²) in [5.74, 6) is -2.79. The number of phenols is 2. The van der Waals surface area contributed by atoms with Crippen LogP contribution < -0.4 is 10.2 Å². The van der Waals surface area contributed by atoms with Crippen LogP contribution in [0.5, 0.6) is 11.5 Å². The molecule has 0 fully saturated rings. The number of carbonyl (C=O) groups is 2. The molecule has 0 aliphatic carbocycles. The van der Waals surface area contributed by atoms with Crippen LogP contribution in [0.1, 0.15) is 88.8 Å². The topological polar surface area (TPSA) is 145 Å². The molecule has 253 valence electrons. The fourth-order valence-corrected chi connectivity index (χ4v) is 3.42. The molecule has 2 aromatic rings. The van der Waals surface area contributed by atoms with Gasteiger partial charge in [0.15, 0.2) is 0 Å². The second-order valence-corrected chi connectivity index (χ2v) is 11.5. The number of carbonyl (C=O) groups excluding carboxylic acids is 2. The molecule has 0 saturated heterocycles. The Labute approximate surface area is 268 Å². The summed E-state index contributed by atoms with van der Waals surface area (Å²) in [5, 5.41) is 38.7. The normalized spacial score (nSPS) is 12.1. The molecule has 0 spiro atoms. The molecule has 0 amide bonds. The summed E-state index contributed by atoms with van der Waals surface area (Å²) in [4.78, 5) is 25.8. The second kappa shape index (κ2) is 17.2. The Balaban J connectivity index is 0. The van der Waals surface area contributed by atoms with E-state index in [1.807, 2.05) is 0 Å². The fraction of sp³-hybridized carbons (Fsp3) is 0.467. The van der Waals surface area contributed by atoms with Gasteiger partial charge in [-0.25, -0.2) is 0 Å². The smallest absolute Gasteiger partial charge is 0.550 e. The van der Waals surface area contributed by atoms with E-state index < -0.39 is 46.2 Å². The van der Waals surface area contributed by atoms with Gasteiger partial charge in [-0.1, -0.05) is 41.5 Å². The Morgan fingerprint density at radius 1 is 0.667 bits per heavy atom. The second-order valence-electron chi connectivity index (χ2n) is 11.5. The average Bonchev–Trinajstić information content (AvgIpc) is 2.79. The maximum Gasteiger partial charge on any atom is 2.00 e. The third-order valence-electron chi connectivity index (χ3n) is 5.37. The number of carboxylic acid groups (broad SMARTS) is 2. The first-order chi connectivity index (χ1) is 19.7. The van der Waals surface area contributed by atoms with Gasteiger partial charge in [-0.3, -0.25) is 9.98 Å². The molecule has 15 heteroatoms. The molecule has 0 unspecified atom stereocenters. The summed E-state index contributed by atoms with van der Waals surface area (Å²) in [6, 6.07) is 3.41. The fourth-order valence-electron chi connectivity index (χ4n) is 3.42. The van der Waals surface area contributed by atoms with Crippen molar-refractivity contribution in [3.8, 4) is 11.5 Å². The van der Waals surface area contributed by atoms with Crippen molar-refractivity contribution in [3.05, 3.63) is 57.6 Å².